The normalized spacial score (nSPS) is 25.6. The lowest BCUT2D eigenvalue weighted by atomic mass is 10.2. The van der Waals surface area contributed by atoms with Gasteiger partial charge in [-0.05, 0) is 18.9 Å². The third-order valence-electron chi connectivity index (χ3n) is 2.33. The number of halogens is 3. The van der Waals surface area contributed by atoms with E-state index in [1.807, 2.05) is 0 Å². The van der Waals surface area contributed by atoms with E-state index in [4.69, 9.17) is 0 Å². The number of hydrogen-bond acceptors (Lipinski definition) is 3. The van der Waals surface area contributed by atoms with Crippen LogP contribution in [-0.4, -0.2) is 30.3 Å². The summed E-state index contributed by atoms with van der Waals surface area (Å²) in [5.41, 5.74) is 0.606. The van der Waals surface area contributed by atoms with Gasteiger partial charge in [0.05, 0.1) is 0 Å². The Labute approximate surface area is 85.5 Å². The van der Waals surface area contributed by atoms with Gasteiger partial charge in [-0.2, -0.15) is 13.2 Å². The van der Waals surface area contributed by atoms with Gasteiger partial charge >= 0.3 is 12.1 Å². The molecule has 3 nitrogen and oxygen atoms in total. The molecule has 0 aromatic heterocycles. The van der Waals surface area contributed by atoms with Crippen LogP contribution < -0.4 is 0 Å². The van der Waals surface area contributed by atoms with E-state index in [0.717, 1.165) is 4.90 Å². The van der Waals surface area contributed by atoms with Crippen LogP contribution in [0.4, 0.5) is 13.2 Å². The van der Waals surface area contributed by atoms with E-state index in [2.05, 4.69) is 4.74 Å². The summed E-state index contributed by atoms with van der Waals surface area (Å²) in [5, 5.41) is 0. The second kappa shape index (κ2) is 3.75. The minimum absolute atomic E-state index is 0.0137. The minimum Gasteiger partial charge on any atom is -0.427 e. The highest BCUT2D eigenvalue weighted by Gasteiger charge is 2.52. The van der Waals surface area contributed by atoms with E-state index in [-0.39, 0.29) is 5.70 Å². The molecule has 15 heavy (non-hydrogen) atoms. The quantitative estimate of drug-likeness (QED) is 0.503. The number of cyclic esters (lactones) is 1. The van der Waals surface area contributed by atoms with Crippen molar-refractivity contribution in [3.8, 4) is 0 Å². The van der Waals surface area contributed by atoms with Crippen LogP contribution in [0, 0.1) is 0 Å². The van der Waals surface area contributed by atoms with Gasteiger partial charge in [-0.15, -0.1) is 0 Å². The monoisotopic (exact) mass is 223 g/mol. The standard InChI is InChI=1S/C9H12F3NO2/c1-4-5(2)6-7(14)15-8(13(6)3)9(10,11)12/h8H,4H2,1-3H3/b6-5-. The predicted molar refractivity (Wildman–Crippen MR) is 46.7 cm³/mol. The van der Waals surface area contributed by atoms with E-state index in [0.29, 0.717) is 12.0 Å². The zero-order chi connectivity index (χ0) is 11.8. The summed E-state index contributed by atoms with van der Waals surface area (Å²) in [5.74, 6) is -0.904. The lowest BCUT2D eigenvalue weighted by Gasteiger charge is -2.21. The van der Waals surface area contributed by atoms with Crippen LogP contribution in [0.5, 0.6) is 0 Å². The van der Waals surface area contributed by atoms with E-state index < -0.39 is 18.4 Å². The average Bonchev–Trinajstić information content (AvgIpc) is 2.40. The Morgan fingerprint density at radius 2 is 2.07 bits per heavy atom. The van der Waals surface area contributed by atoms with Crippen LogP contribution in [0.3, 0.4) is 0 Å². The maximum atomic E-state index is 12.4. The SMILES string of the molecule is CC/C(C)=C1/C(=O)OC(C(F)(F)F)N1C. The van der Waals surface area contributed by atoms with Gasteiger partial charge in [-0.3, -0.25) is 0 Å². The number of alkyl halides is 3. The number of nitrogens with zero attached hydrogens (tertiary/aromatic N) is 1. The van der Waals surface area contributed by atoms with E-state index in [1.54, 1.807) is 13.8 Å². The molecular formula is C9H12F3NO2. The molecule has 1 unspecified atom stereocenters. The van der Waals surface area contributed by atoms with E-state index in [1.165, 1.54) is 7.05 Å². The fourth-order valence-electron chi connectivity index (χ4n) is 1.43. The summed E-state index contributed by atoms with van der Waals surface area (Å²) in [6.07, 6.45) is -6.19. The Kier molecular flexibility index (Phi) is 2.97. The lowest BCUT2D eigenvalue weighted by Crippen LogP contribution is -2.39. The van der Waals surface area contributed by atoms with Crippen molar-refractivity contribution in [3.63, 3.8) is 0 Å². The van der Waals surface area contributed by atoms with Crippen molar-refractivity contribution in [1.82, 2.24) is 4.90 Å². The van der Waals surface area contributed by atoms with Crippen LogP contribution in [0.2, 0.25) is 0 Å². The zero-order valence-electron chi connectivity index (χ0n) is 8.68. The Bertz CT molecular complexity index is 309. The predicted octanol–water partition coefficient (Wildman–Crippen LogP) is 2.05. The molecule has 1 heterocycles. The van der Waals surface area contributed by atoms with Crippen molar-refractivity contribution in [2.24, 2.45) is 0 Å². The van der Waals surface area contributed by atoms with Crippen molar-refractivity contribution >= 4 is 5.97 Å². The molecule has 1 aliphatic rings. The number of carbonyl (C=O) groups excluding carboxylic acids is 1. The number of ether oxygens (including phenoxy) is 1. The molecule has 1 aliphatic heterocycles. The summed E-state index contributed by atoms with van der Waals surface area (Å²) in [7, 11) is 1.21. The number of esters is 1. The molecule has 1 atom stereocenters. The molecule has 0 amide bonds. The molecule has 0 N–H and O–H groups in total. The molecule has 1 rings (SSSR count). The first-order valence-corrected chi connectivity index (χ1v) is 4.49. The second-order valence-corrected chi connectivity index (χ2v) is 3.39. The van der Waals surface area contributed by atoms with Crippen LogP contribution in [-0.2, 0) is 9.53 Å². The summed E-state index contributed by atoms with van der Waals surface area (Å²) in [4.78, 5) is 12.1. The first kappa shape index (κ1) is 11.9. The van der Waals surface area contributed by atoms with Crippen LogP contribution in [0.15, 0.2) is 11.3 Å². The topological polar surface area (TPSA) is 29.5 Å². The molecule has 6 heteroatoms. The van der Waals surface area contributed by atoms with Gasteiger partial charge in [0.15, 0.2) is 0 Å². The van der Waals surface area contributed by atoms with E-state index in [9.17, 15) is 18.0 Å². The fraction of sp³-hybridized carbons (Fsp3) is 0.667. The number of rotatable bonds is 1. The molecule has 1 fully saturated rings. The Hall–Kier alpha value is -1.20. The summed E-state index contributed by atoms with van der Waals surface area (Å²) < 4.78 is 41.4. The largest absolute Gasteiger partial charge is 0.445 e. The van der Waals surface area contributed by atoms with Gasteiger partial charge in [0, 0.05) is 7.05 Å². The van der Waals surface area contributed by atoms with Crippen LogP contribution >= 0.6 is 0 Å². The van der Waals surface area contributed by atoms with Crippen LogP contribution in [0.25, 0.3) is 0 Å². The number of carbonyl (C=O) groups is 1. The molecule has 0 spiro atoms. The highest BCUT2D eigenvalue weighted by atomic mass is 19.4. The van der Waals surface area contributed by atoms with Gasteiger partial charge in [0.2, 0.25) is 0 Å². The lowest BCUT2D eigenvalue weighted by molar-refractivity contribution is -0.234. The molecule has 1 saturated heterocycles. The Morgan fingerprint density at radius 3 is 2.40 bits per heavy atom. The molecular weight excluding hydrogens is 211 g/mol. The molecule has 0 aromatic carbocycles. The molecule has 0 radical (unpaired) electrons. The van der Waals surface area contributed by atoms with Crippen molar-refractivity contribution in [2.45, 2.75) is 32.7 Å². The summed E-state index contributed by atoms with van der Waals surface area (Å²) >= 11 is 0. The van der Waals surface area contributed by atoms with Crippen molar-refractivity contribution in [2.75, 3.05) is 7.05 Å². The Balaban J connectivity index is 3.04. The summed E-state index contributed by atoms with van der Waals surface area (Å²) in [6.45, 7) is 3.39. The van der Waals surface area contributed by atoms with Gasteiger partial charge in [0.1, 0.15) is 5.70 Å². The average molecular weight is 223 g/mol. The Morgan fingerprint density at radius 1 is 1.53 bits per heavy atom. The number of likely N-dealkylation sites (N-methyl/N-ethyl adjacent to an activating group) is 1. The van der Waals surface area contributed by atoms with Crippen molar-refractivity contribution < 1.29 is 22.7 Å². The van der Waals surface area contributed by atoms with Gasteiger partial charge < -0.3 is 9.64 Å². The van der Waals surface area contributed by atoms with Gasteiger partial charge in [0.25, 0.3) is 6.23 Å². The first-order chi connectivity index (χ1) is 6.79. The highest BCUT2D eigenvalue weighted by molar-refractivity contribution is 5.90. The van der Waals surface area contributed by atoms with Gasteiger partial charge in [-0.25, -0.2) is 4.79 Å². The fourth-order valence-corrected chi connectivity index (χ4v) is 1.43. The van der Waals surface area contributed by atoms with E-state index >= 15 is 0 Å². The van der Waals surface area contributed by atoms with Crippen molar-refractivity contribution in [1.29, 1.82) is 0 Å². The van der Waals surface area contributed by atoms with Crippen molar-refractivity contribution in [3.05, 3.63) is 11.3 Å². The minimum atomic E-state index is -4.56. The third kappa shape index (κ3) is 2.08. The number of allylic oxidation sites excluding steroid dienone is 1. The molecule has 0 saturated carbocycles. The summed E-state index contributed by atoms with van der Waals surface area (Å²) in [6, 6.07) is 0. The smallest absolute Gasteiger partial charge is 0.427 e. The maximum absolute atomic E-state index is 12.4. The molecule has 0 aliphatic carbocycles. The molecule has 0 aromatic rings. The number of hydrogen-bond donors (Lipinski definition) is 0. The zero-order valence-corrected chi connectivity index (χ0v) is 8.68. The maximum Gasteiger partial charge on any atom is 0.445 e. The third-order valence-corrected chi connectivity index (χ3v) is 2.33. The van der Waals surface area contributed by atoms with Gasteiger partial charge in [-0.1, -0.05) is 6.92 Å². The highest BCUT2D eigenvalue weighted by Crippen LogP contribution is 2.34. The first-order valence-electron chi connectivity index (χ1n) is 4.49. The second-order valence-electron chi connectivity index (χ2n) is 3.39. The molecule has 86 valence electrons. The van der Waals surface area contributed by atoms with Crippen LogP contribution in [0.1, 0.15) is 20.3 Å². The molecule has 0 bridgehead atoms.